The van der Waals surface area contributed by atoms with Crippen molar-refractivity contribution in [1.29, 1.82) is 0 Å². The Bertz CT molecular complexity index is 853. The molecule has 2 aromatic heterocycles. The summed E-state index contributed by atoms with van der Waals surface area (Å²) in [6.45, 7) is 4.89. The summed E-state index contributed by atoms with van der Waals surface area (Å²) in [4.78, 5) is 19.1. The van der Waals surface area contributed by atoms with Crippen molar-refractivity contribution in [2.45, 2.75) is 25.7 Å². The monoisotopic (exact) mass is 337 g/mol. The van der Waals surface area contributed by atoms with E-state index in [9.17, 15) is 4.79 Å². The molecular weight excluding hydrogens is 318 g/mol. The quantitative estimate of drug-likeness (QED) is 0.793. The maximum absolute atomic E-state index is 13.0. The van der Waals surface area contributed by atoms with Crippen molar-refractivity contribution < 1.29 is 9.32 Å². The van der Waals surface area contributed by atoms with Crippen LogP contribution in [0.3, 0.4) is 0 Å². The highest BCUT2D eigenvalue weighted by atomic mass is 16.5. The fourth-order valence-corrected chi connectivity index (χ4v) is 3.64. The summed E-state index contributed by atoms with van der Waals surface area (Å²) in [5.41, 5.74) is 3.34. The smallest absolute Gasteiger partial charge is 0.257 e. The standard InChI is InChI=1S/C18H19N5O2/c1-11-16(12(2)21-20-11)18(24)23-8-14(13-6-4-3-5-7-13)15(9-23)17-19-10-25-22-17/h3-7,10,14-15H,8-9H2,1-2H3,(H,20,21)/t14-,15-/m0/s1. The van der Waals surface area contributed by atoms with Crippen LogP contribution in [-0.2, 0) is 0 Å². The third kappa shape index (κ3) is 2.71. The second kappa shape index (κ2) is 6.16. The van der Waals surface area contributed by atoms with Crippen LogP contribution >= 0.6 is 0 Å². The maximum Gasteiger partial charge on any atom is 0.257 e. The molecule has 7 heteroatoms. The number of carbonyl (C=O) groups excluding carboxylic acids is 1. The van der Waals surface area contributed by atoms with Crippen molar-refractivity contribution in [1.82, 2.24) is 25.2 Å². The number of aromatic amines is 1. The van der Waals surface area contributed by atoms with Crippen LogP contribution in [0.4, 0.5) is 0 Å². The predicted molar refractivity (Wildman–Crippen MR) is 90.2 cm³/mol. The van der Waals surface area contributed by atoms with Gasteiger partial charge in [0.1, 0.15) is 0 Å². The van der Waals surface area contributed by atoms with Gasteiger partial charge < -0.3 is 9.42 Å². The third-order valence-corrected chi connectivity index (χ3v) is 4.89. The van der Waals surface area contributed by atoms with Crippen LogP contribution in [-0.4, -0.2) is 44.2 Å². The number of nitrogens with one attached hydrogen (secondary N) is 1. The lowest BCUT2D eigenvalue weighted by molar-refractivity contribution is 0.0787. The van der Waals surface area contributed by atoms with Gasteiger partial charge in [0.2, 0.25) is 6.39 Å². The number of carbonyl (C=O) groups is 1. The Hall–Kier alpha value is -2.96. The highest BCUT2D eigenvalue weighted by Gasteiger charge is 2.40. The normalized spacial score (nSPS) is 20.2. The number of aryl methyl sites for hydroxylation is 2. The summed E-state index contributed by atoms with van der Waals surface area (Å²) in [5.74, 6) is 0.786. The molecule has 1 aromatic carbocycles. The fraction of sp³-hybridized carbons (Fsp3) is 0.333. The minimum atomic E-state index is -0.00400. The molecule has 0 saturated carbocycles. The second-order valence-corrected chi connectivity index (χ2v) is 6.43. The summed E-state index contributed by atoms with van der Waals surface area (Å²) >= 11 is 0. The van der Waals surface area contributed by atoms with Gasteiger partial charge in [-0.1, -0.05) is 35.5 Å². The van der Waals surface area contributed by atoms with Crippen molar-refractivity contribution in [2.24, 2.45) is 0 Å². The molecule has 3 aromatic rings. The minimum Gasteiger partial charge on any atom is -0.343 e. The molecule has 1 N–H and O–H groups in total. The minimum absolute atomic E-state index is 0.00400. The van der Waals surface area contributed by atoms with Crippen LogP contribution < -0.4 is 0 Å². The molecule has 3 heterocycles. The molecule has 0 bridgehead atoms. The first-order chi connectivity index (χ1) is 12.1. The number of hydrogen-bond donors (Lipinski definition) is 1. The van der Waals surface area contributed by atoms with E-state index in [2.05, 4.69) is 32.5 Å². The van der Waals surface area contributed by atoms with Crippen molar-refractivity contribution in [2.75, 3.05) is 13.1 Å². The molecule has 7 nitrogen and oxygen atoms in total. The highest BCUT2D eigenvalue weighted by Crippen LogP contribution is 2.39. The Morgan fingerprint density at radius 2 is 1.96 bits per heavy atom. The topological polar surface area (TPSA) is 87.9 Å². The van der Waals surface area contributed by atoms with Crippen LogP contribution in [0.25, 0.3) is 0 Å². The third-order valence-electron chi connectivity index (χ3n) is 4.89. The van der Waals surface area contributed by atoms with Crippen LogP contribution in [0, 0.1) is 13.8 Å². The molecule has 2 atom stereocenters. The number of hydrogen-bond acceptors (Lipinski definition) is 5. The predicted octanol–water partition coefficient (Wildman–Crippen LogP) is 2.43. The summed E-state index contributed by atoms with van der Waals surface area (Å²) < 4.78 is 4.94. The van der Waals surface area contributed by atoms with Crippen LogP contribution in [0.15, 0.2) is 41.2 Å². The van der Waals surface area contributed by atoms with Gasteiger partial charge in [-0.2, -0.15) is 10.1 Å². The number of likely N-dealkylation sites (tertiary alicyclic amines) is 1. The van der Waals surface area contributed by atoms with Crippen molar-refractivity contribution in [3.05, 3.63) is 65.1 Å². The van der Waals surface area contributed by atoms with Gasteiger partial charge in [0.05, 0.1) is 11.3 Å². The van der Waals surface area contributed by atoms with E-state index in [1.165, 1.54) is 12.0 Å². The maximum atomic E-state index is 13.0. The van der Waals surface area contributed by atoms with Gasteiger partial charge in [0.15, 0.2) is 5.82 Å². The number of rotatable bonds is 3. The van der Waals surface area contributed by atoms with Crippen LogP contribution in [0.5, 0.6) is 0 Å². The zero-order valence-corrected chi connectivity index (χ0v) is 14.1. The number of amides is 1. The zero-order chi connectivity index (χ0) is 17.4. The van der Waals surface area contributed by atoms with E-state index >= 15 is 0 Å². The highest BCUT2D eigenvalue weighted by molar-refractivity contribution is 5.96. The van der Waals surface area contributed by atoms with Gasteiger partial charge in [0, 0.05) is 30.6 Å². The van der Waals surface area contributed by atoms with Gasteiger partial charge in [-0.05, 0) is 19.4 Å². The lowest BCUT2D eigenvalue weighted by Gasteiger charge is -2.16. The van der Waals surface area contributed by atoms with Crippen LogP contribution in [0.2, 0.25) is 0 Å². The summed E-state index contributed by atoms with van der Waals surface area (Å²) in [6.07, 6.45) is 1.34. The van der Waals surface area contributed by atoms with Crippen molar-refractivity contribution in [3.8, 4) is 0 Å². The van der Waals surface area contributed by atoms with E-state index in [4.69, 9.17) is 4.52 Å². The molecule has 0 radical (unpaired) electrons. The van der Waals surface area contributed by atoms with Gasteiger partial charge in [-0.15, -0.1) is 0 Å². The Balaban J connectivity index is 1.67. The Morgan fingerprint density at radius 3 is 2.60 bits per heavy atom. The molecule has 0 spiro atoms. The van der Waals surface area contributed by atoms with Crippen molar-refractivity contribution in [3.63, 3.8) is 0 Å². The largest absolute Gasteiger partial charge is 0.343 e. The van der Waals surface area contributed by atoms with Gasteiger partial charge in [-0.3, -0.25) is 9.89 Å². The lowest BCUT2D eigenvalue weighted by atomic mass is 9.88. The molecule has 0 unspecified atom stereocenters. The van der Waals surface area contributed by atoms with E-state index < -0.39 is 0 Å². The van der Waals surface area contributed by atoms with E-state index in [1.54, 1.807) is 0 Å². The molecule has 0 aliphatic carbocycles. The molecule has 4 rings (SSSR count). The van der Waals surface area contributed by atoms with E-state index in [0.29, 0.717) is 24.5 Å². The van der Waals surface area contributed by atoms with Gasteiger partial charge in [-0.25, -0.2) is 0 Å². The number of H-pyrrole nitrogens is 1. The molecule has 128 valence electrons. The molecule has 1 amide bonds. The van der Waals surface area contributed by atoms with E-state index in [0.717, 1.165) is 11.4 Å². The number of nitrogens with zero attached hydrogens (tertiary/aromatic N) is 4. The first-order valence-electron chi connectivity index (χ1n) is 8.27. The van der Waals surface area contributed by atoms with Crippen LogP contribution in [0.1, 0.15) is 45.0 Å². The molecule has 1 aliphatic rings. The summed E-state index contributed by atoms with van der Waals surface area (Å²) in [5, 5.41) is 11.1. The molecular formula is C18H19N5O2. The fourth-order valence-electron chi connectivity index (χ4n) is 3.64. The Kier molecular flexibility index (Phi) is 3.83. The number of benzene rings is 1. The Labute approximate surface area is 145 Å². The van der Waals surface area contributed by atoms with E-state index in [1.807, 2.05) is 36.9 Å². The average Bonchev–Trinajstić information content (AvgIpc) is 3.35. The lowest BCUT2D eigenvalue weighted by Crippen LogP contribution is -2.29. The van der Waals surface area contributed by atoms with Gasteiger partial charge >= 0.3 is 0 Å². The Morgan fingerprint density at radius 1 is 1.20 bits per heavy atom. The summed E-state index contributed by atoms with van der Waals surface area (Å²) in [6, 6.07) is 10.2. The van der Waals surface area contributed by atoms with Gasteiger partial charge in [0.25, 0.3) is 5.91 Å². The molecule has 1 saturated heterocycles. The zero-order valence-electron chi connectivity index (χ0n) is 14.1. The first-order valence-corrected chi connectivity index (χ1v) is 8.27. The number of aromatic nitrogens is 4. The first kappa shape index (κ1) is 15.6. The second-order valence-electron chi connectivity index (χ2n) is 6.43. The molecule has 25 heavy (non-hydrogen) atoms. The summed E-state index contributed by atoms with van der Waals surface area (Å²) in [7, 11) is 0. The molecule has 1 aliphatic heterocycles. The average molecular weight is 337 g/mol. The van der Waals surface area contributed by atoms with E-state index in [-0.39, 0.29) is 17.7 Å². The van der Waals surface area contributed by atoms with Crippen molar-refractivity contribution >= 4 is 5.91 Å². The SMILES string of the molecule is Cc1n[nH]c(C)c1C(=O)N1C[C@H](c2ncon2)[C@H](c2ccccc2)C1. The molecule has 1 fully saturated rings.